The largest absolute Gasteiger partial charge is 0.492 e. The minimum absolute atomic E-state index is 0.136. The maximum Gasteiger partial charge on any atom is 0.224 e. The van der Waals surface area contributed by atoms with Gasteiger partial charge in [0.15, 0.2) is 0 Å². The van der Waals surface area contributed by atoms with Crippen LogP contribution in [0, 0.1) is 6.92 Å². The number of ether oxygens (including phenoxy) is 1. The first-order chi connectivity index (χ1) is 15.7. The predicted octanol–water partition coefficient (Wildman–Crippen LogP) is 2.86. The smallest absolute Gasteiger partial charge is 0.224 e. The molecule has 0 aliphatic carbocycles. The van der Waals surface area contributed by atoms with Crippen LogP contribution in [0.15, 0.2) is 24.3 Å². The van der Waals surface area contributed by atoms with Gasteiger partial charge in [-0.25, -0.2) is 4.68 Å². The molecule has 0 saturated carbocycles. The highest BCUT2D eigenvalue weighted by atomic mass is 16.5. The highest BCUT2D eigenvalue weighted by molar-refractivity contribution is 5.76. The van der Waals surface area contributed by atoms with Gasteiger partial charge in [0.1, 0.15) is 18.2 Å². The minimum atomic E-state index is 0.136. The molecule has 0 radical (unpaired) electrons. The van der Waals surface area contributed by atoms with Crippen LogP contribution in [0.3, 0.4) is 0 Å². The SMILES string of the molecule is Cc1nnnn1CCC(=O)N1CCCCN2CCCCC2CCc2cccc(c2)OCC1. The Labute approximate surface area is 190 Å². The highest BCUT2D eigenvalue weighted by Crippen LogP contribution is 2.23. The molecule has 1 fully saturated rings. The number of amides is 1. The molecule has 1 amide bonds. The number of benzene rings is 1. The second-order valence-electron chi connectivity index (χ2n) is 9.01. The Kier molecular flexibility index (Phi) is 8.09. The number of rotatable bonds is 3. The van der Waals surface area contributed by atoms with Crippen LogP contribution in [-0.2, 0) is 17.8 Å². The Balaban J connectivity index is 1.40. The normalized spacial score (nSPS) is 21.2. The Hall–Kier alpha value is -2.48. The van der Waals surface area contributed by atoms with Crippen molar-refractivity contribution >= 4 is 5.91 Å². The summed E-state index contributed by atoms with van der Waals surface area (Å²) in [4.78, 5) is 17.6. The number of carbonyl (C=O) groups excluding carboxylic acids is 1. The van der Waals surface area contributed by atoms with Gasteiger partial charge in [-0.2, -0.15) is 0 Å². The molecule has 1 aromatic heterocycles. The molecule has 1 unspecified atom stereocenters. The lowest BCUT2D eigenvalue weighted by Gasteiger charge is -2.36. The lowest BCUT2D eigenvalue weighted by atomic mass is 9.95. The number of fused-ring (bicyclic) bond motifs is 3. The summed E-state index contributed by atoms with van der Waals surface area (Å²) < 4.78 is 7.72. The van der Waals surface area contributed by atoms with Crippen molar-refractivity contribution in [1.29, 1.82) is 0 Å². The first kappa shape index (κ1) is 22.7. The number of aromatic nitrogens is 4. The van der Waals surface area contributed by atoms with E-state index in [0.29, 0.717) is 32.2 Å². The van der Waals surface area contributed by atoms with Gasteiger partial charge in [-0.3, -0.25) is 4.79 Å². The van der Waals surface area contributed by atoms with E-state index in [1.54, 1.807) is 4.68 Å². The van der Waals surface area contributed by atoms with Crippen LogP contribution in [0.4, 0.5) is 0 Å². The van der Waals surface area contributed by atoms with E-state index < -0.39 is 0 Å². The van der Waals surface area contributed by atoms with Crippen molar-refractivity contribution in [3.63, 3.8) is 0 Å². The quantitative estimate of drug-likeness (QED) is 0.731. The number of hydrogen-bond donors (Lipinski definition) is 0. The van der Waals surface area contributed by atoms with Crippen LogP contribution in [-0.4, -0.2) is 74.7 Å². The molecule has 1 aromatic carbocycles. The van der Waals surface area contributed by atoms with Crippen molar-refractivity contribution in [3.8, 4) is 5.75 Å². The molecular weight excluding hydrogens is 404 g/mol. The van der Waals surface area contributed by atoms with Crippen molar-refractivity contribution in [1.82, 2.24) is 30.0 Å². The summed E-state index contributed by atoms with van der Waals surface area (Å²) in [6.45, 7) is 6.58. The highest BCUT2D eigenvalue weighted by Gasteiger charge is 2.22. The van der Waals surface area contributed by atoms with E-state index >= 15 is 0 Å². The molecule has 0 spiro atoms. The molecule has 2 aliphatic rings. The maximum absolute atomic E-state index is 13.0. The summed E-state index contributed by atoms with van der Waals surface area (Å²) in [5.41, 5.74) is 1.34. The summed E-state index contributed by atoms with van der Waals surface area (Å²) in [5, 5.41) is 11.5. The molecule has 174 valence electrons. The zero-order valence-electron chi connectivity index (χ0n) is 19.3. The van der Waals surface area contributed by atoms with Crippen molar-refractivity contribution in [2.75, 3.05) is 32.8 Å². The Morgan fingerprint density at radius 1 is 1.09 bits per heavy atom. The Bertz CT molecular complexity index is 870. The molecule has 32 heavy (non-hydrogen) atoms. The van der Waals surface area contributed by atoms with E-state index in [0.717, 1.165) is 43.9 Å². The molecule has 2 aliphatic heterocycles. The third-order valence-corrected chi connectivity index (χ3v) is 6.77. The predicted molar refractivity (Wildman–Crippen MR) is 122 cm³/mol. The van der Waals surface area contributed by atoms with Gasteiger partial charge in [-0.05, 0) is 86.7 Å². The van der Waals surface area contributed by atoms with Gasteiger partial charge in [0.25, 0.3) is 0 Å². The van der Waals surface area contributed by atoms with Gasteiger partial charge in [0.2, 0.25) is 5.91 Å². The average Bonchev–Trinajstić information content (AvgIpc) is 3.22. The van der Waals surface area contributed by atoms with Gasteiger partial charge in [-0.15, -0.1) is 5.10 Å². The number of piperidine rings is 1. The van der Waals surface area contributed by atoms with Crippen LogP contribution >= 0.6 is 0 Å². The van der Waals surface area contributed by atoms with Crippen molar-refractivity contribution < 1.29 is 9.53 Å². The van der Waals surface area contributed by atoms with Crippen molar-refractivity contribution in [2.24, 2.45) is 0 Å². The molecule has 2 bridgehead atoms. The molecule has 4 rings (SSSR count). The Morgan fingerprint density at radius 2 is 1.94 bits per heavy atom. The van der Waals surface area contributed by atoms with Gasteiger partial charge in [0, 0.05) is 19.0 Å². The van der Waals surface area contributed by atoms with Crippen molar-refractivity contribution in [3.05, 3.63) is 35.7 Å². The van der Waals surface area contributed by atoms with E-state index in [9.17, 15) is 4.79 Å². The summed E-state index contributed by atoms with van der Waals surface area (Å²) in [7, 11) is 0. The fourth-order valence-corrected chi connectivity index (χ4v) is 4.87. The molecule has 8 nitrogen and oxygen atoms in total. The minimum Gasteiger partial charge on any atom is -0.492 e. The van der Waals surface area contributed by atoms with Gasteiger partial charge in [0.05, 0.1) is 13.1 Å². The summed E-state index contributed by atoms with van der Waals surface area (Å²) in [6.07, 6.45) is 8.80. The second kappa shape index (κ2) is 11.4. The van der Waals surface area contributed by atoms with Crippen LogP contribution in [0.1, 0.15) is 56.3 Å². The summed E-state index contributed by atoms with van der Waals surface area (Å²) in [5.74, 6) is 1.76. The Morgan fingerprint density at radius 3 is 2.78 bits per heavy atom. The lowest BCUT2D eigenvalue weighted by molar-refractivity contribution is -0.132. The van der Waals surface area contributed by atoms with Gasteiger partial charge in [-0.1, -0.05) is 18.6 Å². The maximum atomic E-state index is 13.0. The van der Waals surface area contributed by atoms with Gasteiger partial charge >= 0.3 is 0 Å². The first-order valence-electron chi connectivity index (χ1n) is 12.2. The summed E-state index contributed by atoms with van der Waals surface area (Å²) in [6, 6.07) is 9.14. The van der Waals surface area contributed by atoms with Gasteiger partial charge < -0.3 is 14.5 Å². The van der Waals surface area contributed by atoms with E-state index in [1.807, 2.05) is 17.9 Å². The standard InChI is InChI=1S/C24H36N6O2/c1-20-25-26-27-30(20)16-12-24(31)29-15-5-4-14-28-13-3-2-8-22(28)11-10-21-7-6-9-23(19-21)32-18-17-29/h6-7,9,19,22H,2-5,8,10-18H2,1H3. The molecule has 1 saturated heterocycles. The van der Waals surface area contributed by atoms with Crippen molar-refractivity contribution in [2.45, 2.75) is 70.9 Å². The number of carbonyl (C=O) groups is 1. The second-order valence-corrected chi connectivity index (χ2v) is 9.01. The summed E-state index contributed by atoms with van der Waals surface area (Å²) >= 11 is 0. The molecular formula is C24H36N6O2. The van der Waals surface area contributed by atoms with Crippen LogP contribution in [0.2, 0.25) is 0 Å². The number of nitrogens with zero attached hydrogens (tertiary/aromatic N) is 6. The lowest BCUT2D eigenvalue weighted by Crippen LogP contribution is -2.41. The first-order valence-corrected chi connectivity index (χ1v) is 12.2. The monoisotopic (exact) mass is 440 g/mol. The van der Waals surface area contributed by atoms with E-state index in [4.69, 9.17) is 4.74 Å². The van der Waals surface area contributed by atoms with Crippen LogP contribution in [0.25, 0.3) is 0 Å². The molecule has 1 atom stereocenters. The average molecular weight is 441 g/mol. The van der Waals surface area contributed by atoms with E-state index in [-0.39, 0.29) is 5.91 Å². The van der Waals surface area contributed by atoms with Crippen LogP contribution < -0.4 is 4.74 Å². The third-order valence-electron chi connectivity index (χ3n) is 6.77. The molecule has 0 N–H and O–H groups in total. The zero-order chi connectivity index (χ0) is 22.2. The zero-order valence-corrected chi connectivity index (χ0v) is 19.3. The topological polar surface area (TPSA) is 76.4 Å². The fourth-order valence-electron chi connectivity index (χ4n) is 4.87. The number of hydrogen-bond acceptors (Lipinski definition) is 6. The van der Waals surface area contributed by atoms with Crippen LogP contribution in [0.5, 0.6) is 5.75 Å². The third kappa shape index (κ3) is 6.28. The number of aryl methyl sites for hydroxylation is 3. The fraction of sp³-hybridized carbons (Fsp3) is 0.667. The molecule has 8 heteroatoms. The molecule has 3 heterocycles. The molecule has 2 aromatic rings. The van der Waals surface area contributed by atoms with E-state index in [1.165, 1.54) is 37.8 Å². The number of tetrazole rings is 1. The van der Waals surface area contributed by atoms with E-state index in [2.05, 4.69) is 38.6 Å².